The molecule has 0 radical (unpaired) electrons. The van der Waals surface area contributed by atoms with Crippen LogP contribution >= 0.6 is 0 Å². The Morgan fingerprint density at radius 3 is 2.00 bits per heavy atom. The maximum atomic E-state index is 11.0. The van der Waals surface area contributed by atoms with E-state index in [0.29, 0.717) is 6.61 Å². The summed E-state index contributed by atoms with van der Waals surface area (Å²) in [5.74, 6) is -0.324. The lowest BCUT2D eigenvalue weighted by atomic mass is 10.1. The summed E-state index contributed by atoms with van der Waals surface area (Å²) in [7, 11) is 5.98. The van der Waals surface area contributed by atoms with Crippen LogP contribution in [0.4, 0.5) is 0 Å². The molecule has 14 heavy (non-hydrogen) atoms. The van der Waals surface area contributed by atoms with Gasteiger partial charge in [-0.15, -0.1) is 0 Å². The van der Waals surface area contributed by atoms with Crippen LogP contribution in [0.5, 0.6) is 0 Å². The predicted molar refractivity (Wildman–Crippen MR) is 50.1 cm³/mol. The van der Waals surface area contributed by atoms with Gasteiger partial charge in [-0.3, -0.25) is 4.79 Å². The molecule has 0 saturated carbocycles. The molecule has 0 aromatic heterocycles. The molecule has 0 rings (SSSR count). The highest BCUT2D eigenvalue weighted by Gasteiger charge is 2.24. The Balaban J connectivity index is 4.13. The largest absolute Gasteiger partial charge is 0.469 e. The van der Waals surface area contributed by atoms with Gasteiger partial charge in [0.1, 0.15) is 6.10 Å². The average molecular weight is 206 g/mol. The third-order valence-corrected chi connectivity index (χ3v) is 1.95. The number of hydrogen-bond acceptors (Lipinski definition) is 5. The zero-order valence-corrected chi connectivity index (χ0v) is 9.11. The Morgan fingerprint density at radius 1 is 1.07 bits per heavy atom. The summed E-state index contributed by atoms with van der Waals surface area (Å²) in [4.78, 5) is 11.0. The van der Waals surface area contributed by atoms with E-state index in [9.17, 15) is 4.79 Å². The van der Waals surface area contributed by atoms with E-state index in [2.05, 4.69) is 4.74 Å². The molecule has 5 heteroatoms. The number of carbonyl (C=O) groups is 1. The molecular formula is C9H18O5. The van der Waals surface area contributed by atoms with Crippen molar-refractivity contribution in [2.24, 2.45) is 0 Å². The van der Waals surface area contributed by atoms with Crippen molar-refractivity contribution in [3.05, 3.63) is 0 Å². The number of methoxy groups -OCH3 is 4. The van der Waals surface area contributed by atoms with E-state index in [0.717, 1.165) is 0 Å². The molecule has 5 nitrogen and oxygen atoms in total. The van der Waals surface area contributed by atoms with Gasteiger partial charge in [0.2, 0.25) is 0 Å². The Bertz CT molecular complexity index is 159. The third kappa shape index (κ3) is 4.55. The van der Waals surface area contributed by atoms with Gasteiger partial charge in [0.05, 0.1) is 26.2 Å². The normalized spacial score (nSPS) is 14.9. The zero-order valence-electron chi connectivity index (χ0n) is 9.11. The summed E-state index contributed by atoms with van der Waals surface area (Å²) in [5.41, 5.74) is 0. The summed E-state index contributed by atoms with van der Waals surface area (Å²) >= 11 is 0. The maximum Gasteiger partial charge on any atom is 0.308 e. The van der Waals surface area contributed by atoms with Gasteiger partial charge >= 0.3 is 5.97 Å². The van der Waals surface area contributed by atoms with Crippen LogP contribution in [0.3, 0.4) is 0 Å². The lowest BCUT2D eigenvalue weighted by Gasteiger charge is -2.23. The fourth-order valence-electron chi connectivity index (χ4n) is 1.11. The molecule has 0 spiro atoms. The lowest BCUT2D eigenvalue weighted by molar-refractivity contribution is -0.147. The van der Waals surface area contributed by atoms with Crippen LogP contribution in [0.2, 0.25) is 0 Å². The number of ether oxygens (including phenoxy) is 4. The first kappa shape index (κ1) is 13.4. The molecule has 0 aliphatic rings. The van der Waals surface area contributed by atoms with E-state index < -0.39 is 0 Å². The minimum atomic E-state index is -0.340. The molecule has 84 valence electrons. The van der Waals surface area contributed by atoms with Crippen LogP contribution in [0.15, 0.2) is 0 Å². The lowest BCUT2D eigenvalue weighted by Crippen LogP contribution is -2.35. The van der Waals surface area contributed by atoms with Gasteiger partial charge in [-0.25, -0.2) is 0 Å². The molecule has 2 atom stereocenters. The highest BCUT2D eigenvalue weighted by molar-refractivity contribution is 5.69. The fourth-order valence-corrected chi connectivity index (χ4v) is 1.11. The van der Waals surface area contributed by atoms with Crippen molar-refractivity contribution in [3.63, 3.8) is 0 Å². The third-order valence-electron chi connectivity index (χ3n) is 1.95. The molecule has 0 aromatic carbocycles. The van der Waals surface area contributed by atoms with Crippen LogP contribution < -0.4 is 0 Å². The zero-order chi connectivity index (χ0) is 11.0. The topological polar surface area (TPSA) is 54.0 Å². The van der Waals surface area contributed by atoms with Gasteiger partial charge in [0, 0.05) is 21.3 Å². The smallest absolute Gasteiger partial charge is 0.308 e. The molecule has 0 unspecified atom stereocenters. The SMILES string of the molecule is COC[C@H](OC)[C@@H](CC(=O)OC)OC. The Kier molecular flexibility index (Phi) is 7.37. The van der Waals surface area contributed by atoms with Gasteiger partial charge in [-0.05, 0) is 0 Å². The van der Waals surface area contributed by atoms with Crippen molar-refractivity contribution >= 4 is 5.97 Å². The van der Waals surface area contributed by atoms with Crippen molar-refractivity contribution in [2.45, 2.75) is 18.6 Å². The van der Waals surface area contributed by atoms with E-state index in [1.54, 1.807) is 14.2 Å². The van der Waals surface area contributed by atoms with Crippen molar-refractivity contribution < 1.29 is 23.7 Å². The highest BCUT2D eigenvalue weighted by Crippen LogP contribution is 2.08. The number of hydrogen-bond donors (Lipinski definition) is 0. The Morgan fingerprint density at radius 2 is 1.64 bits per heavy atom. The minimum Gasteiger partial charge on any atom is -0.469 e. The monoisotopic (exact) mass is 206 g/mol. The summed E-state index contributed by atoms with van der Waals surface area (Å²) in [6, 6.07) is 0. The second kappa shape index (κ2) is 7.73. The summed E-state index contributed by atoms with van der Waals surface area (Å²) in [6.45, 7) is 0.381. The van der Waals surface area contributed by atoms with E-state index in [1.165, 1.54) is 14.2 Å². The molecule has 0 heterocycles. The van der Waals surface area contributed by atoms with Gasteiger partial charge in [0.15, 0.2) is 0 Å². The van der Waals surface area contributed by atoms with Crippen molar-refractivity contribution in [1.82, 2.24) is 0 Å². The van der Waals surface area contributed by atoms with Crippen LogP contribution in [0.1, 0.15) is 6.42 Å². The number of carbonyl (C=O) groups excluding carboxylic acids is 1. The van der Waals surface area contributed by atoms with Gasteiger partial charge in [-0.2, -0.15) is 0 Å². The van der Waals surface area contributed by atoms with Crippen LogP contribution in [-0.2, 0) is 23.7 Å². The van der Waals surface area contributed by atoms with Gasteiger partial charge in [0.25, 0.3) is 0 Å². The standard InChI is InChI=1S/C9H18O5/c1-11-6-8(13-3)7(12-2)5-9(10)14-4/h7-8H,5-6H2,1-4H3/t7-,8+/m1/s1. The fraction of sp³-hybridized carbons (Fsp3) is 0.889. The predicted octanol–water partition coefficient (Wildman–Crippen LogP) is 0.226. The number of rotatable bonds is 7. The summed E-state index contributed by atoms with van der Waals surface area (Å²) < 4.78 is 19.7. The van der Waals surface area contributed by atoms with Crippen LogP contribution in [0.25, 0.3) is 0 Å². The molecule has 0 amide bonds. The molecule has 0 bridgehead atoms. The van der Waals surface area contributed by atoms with Crippen molar-refractivity contribution in [2.75, 3.05) is 35.0 Å². The van der Waals surface area contributed by atoms with E-state index in [-0.39, 0.29) is 24.6 Å². The number of esters is 1. The second-order valence-electron chi connectivity index (χ2n) is 2.78. The van der Waals surface area contributed by atoms with E-state index in [1.807, 2.05) is 0 Å². The first-order chi connectivity index (χ1) is 6.69. The Hall–Kier alpha value is -0.650. The molecular weight excluding hydrogens is 188 g/mol. The van der Waals surface area contributed by atoms with Gasteiger partial charge in [-0.1, -0.05) is 0 Å². The highest BCUT2D eigenvalue weighted by atomic mass is 16.6. The molecule has 0 aromatic rings. The van der Waals surface area contributed by atoms with Crippen LogP contribution in [-0.4, -0.2) is 53.2 Å². The molecule has 0 saturated heterocycles. The van der Waals surface area contributed by atoms with E-state index >= 15 is 0 Å². The Labute approximate surface area is 84.3 Å². The second-order valence-corrected chi connectivity index (χ2v) is 2.78. The average Bonchev–Trinajstić information content (AvgIpc) is 2.22. The molecule has 0 N–H and O–H groups in total. The molecule has 0 fully saturated rings. The molecule has 0 aliphatic heterocycles. The minimum absolute atomic E-state index is 0.162. The first-order valence-electron chi connectivity index (χ1n) is 4.30. The summed E-state index contributed by atoms with van der Waals surface area (Å²) in [6.07, 6.45) is -0.439. The van der Waals surface area contributed by atoms with Crippen molar-refractivity contribution in [3.8, 4) is 0 Å². The first-order valence-corrected chi connectivity index (χ1v) is 4.30. The maximum absolute atomic E-state index is 11.0. The molecule has 0 aliphatic carbocycles. The quantitative estimate of drug-likeness (QED) is 0.558. The van der Waals surface area contributed by atoms with Crippen LogP contribution in [0, 0.1) is 0 Å². The van der Waals surface area contributed by atoms with E-state index in [4.69, 9.17) is 14.2 Å². The summed E-state index contributed by atoms with van der Waals surface area (Å²) in [5, 5.41) is 0. The van der Waals surface area contributed by atoms with Gasteiger partial charge < -0.3 is 18.9 Å². The van der Waals surface area contributed by atoms with Crippen molar-refractivity contribution in [1.29, 1.82) is 0 Å².